The largest absolute Gasteiger partial charge is 0.375 e. The SMILES string of the molecule is CCCOC(C)(CCC)C1CCC2C3CCC4CCCCC4(C)C3CCC21C. The van der Waals surface area contributed by atoms with Gasteiger partial charge in [-0.25, -0.2) is 0 Å². The first-order valence-corrected chi connectivity index (χ1v) is 13.0. The van der Waals surface area contributed by atoms with Gasteiger partial charge < -0.3 is 4.74 Å². The van der Waals surface area contributed by atoms with E-state index in [2.05, 4.69) is 34.6 Å². The maximum Gasteiger partial charge on any atom is 0.0687 e. The fourth-order valence-electron chi connectivity index (χ4n) is 9.48. The first-order valence-electron chi connectivity index (χ1n) is 13.0. The summed E-state index contributed by atoms with van der Waals surface area (Å²) in [5, 5.41) is 0. The Labute approximate surface area is 175 Å². The molecule has 0 N–H and O–H groups in total. The van der Waals surface area contributed by atoms with Gasteiger partial charge in [-0.15, -0.1) is 0 Å². The van der Waals surface area contributed by atoms with Crippen molar-refractivity contribution in [2.45, 2.75) is 124 Å². The third kappa shape index (κ3) is 3.21. The molecule has 0 bridgehead atoms. The molecule has 0 amide bonds. The second-order valence-electron chi connectivity index (χ2n) is 12.0. The molecule has 0 heterocycles. The fourth-order valence-corrected chi connectivity index (χ4v) is 9.48. The second-order valence-corrected chi connectivity index (χ2v) is 12.0. The number of fused-ring (bicyclic) bond motifs is 5. The van der Waals surface area contributed by atoms with E-state index in [4.69, 9.17) is 4.74 Å². The van der Waals surface area contributed by atoms with E-state index in [1.54, 1.807) is 0 Å². The van der Waals surface area contributed by atoms with Crippen LogP contribution in [-0.4, -0.2) is 12.2 Å². The van der Waals surface area contributed by atoms with E-state index in [9.17, 15) is 0 Å². The molecule has 4 rings (SSSR count). The molecule has 0 spiro atoms. The van der Waals surface area contributed by atoms with E-state index in [1.807, 2.05) is 0 Å². The normalized spacial score (nSPS) is 47.7. The molecule has 8 unspecified atom stereocenters. The van der Waals surface area contributed by atoms with E-state index in [1.165, 1.54) is 77.0 Å². The van der Waals surface area contributed by atoms with Crippen molar-refractivity contribution in [3.05, 3.63) is 0 Å². The van der Waals surface area contributed by atoms with Gasteiger partial charge in [-0.3, -0.25) is 0 Å². The van der Waals surface area contributed by atoms with Gasteiger partial charge in [0.25, 0.3) is 0 Å². The summed E-state index contributed by atoms with van der Waals surface area (Å²) in [6.07, 6.45) is 18.7. The number of hydrogen-bond donors (Lipinski definition) is 0. The highest BCUT2D eigenvalue weighted by Gasteiger charge is 2.62. The average Bonchev–Trinajstić information content (AvgIpc) is 3.04. The predicted octanol–water partition coefficient (Wildman–Crippen LogP) is 8.02. The smallest absolute Gasteiger partial charge is 0.0687 e. The molecule has 4 saturated carbocycles. The van der Waals surface area contributed by atoms with Gasteiger partial charge in [0.05, 0.1) is 5.60 Å². The van der Waals surface area contributed by atoms with Gasteiger partial charge in [0, 0.05) is 6.61 Å². The van der Waals surface area contributed by atoms with E-state index >= 15 is 0 Å². The Bertz CT molecular complexity index is 542. The highest BCUT2D eigenvalue weighted by atomic mass is 16.5. The van der Waals surface area contributed by atoms with Crippen molar-refractivity contribution in [3.8, 4) is 0 Å². The van der Waals surface area contributed by atoms with Crippen LogP contribution in [0.25, 0.3) is 0 Å². The lowest BCUT2D eigenvalue weighted by molar-refractivity contribution is -0.152. The van der Waals surface area contributed by atoms with Crippen LogP contribution in [0.3, 0.4) is 0 Å². The van der Waals surface area contributed by atoms with Crippen LogP contribution in [0.4, 0.5) is 0 Å². The second kappa shape index (κ2) is 7.90. The summed E-state index contributed by atoms with van der Waals surface area (Å²) in [5.74, 6) is 4.83. The van der Waals surface area contributed by atoms with Crippen LogP contribution in [0.2, 0.25) is 0 Å². The molecule has 28 heavy (non-hydrogen) atoms. The topological polar surface area (TPSA) is 9.23 Å². The van der Waals surface area contributed by atoms with Crippen LogP contribution in [0, 0.1) is 40.4 Å². The van der Waals surface area contributed by atoms with Gasteiger partial charge in [-0.1, -0.05) is 47.0 Å². The van der Waals surface area contributed by atoms with Crippen molar-refractivity contribution in [3.63, 3.8) is 0 Å². The predicted molar refractivity (Wildman–Crippen MR) is 119 cm³/mol. The minimum absolute atomic E-state index is 0.104. The Hall–Kier alpha value is -0.0400. The average molecular weight is 389 g/mol. The maximum atomic E-state index is 6.66. The van der Waals surface area contributed by atoms with Gasteiger partial charge in [0.15, 0.2) is 0 Å². The third-order valence-corrected chi connectivity index (χ3v) is 10.7. The van der Waals surface area contributed by atoms with Gasteiger partial charge >= 0.3 is 0 Å². The molecule has 4 aliphatic rings. The zero-order valence-electron chi connectivity index (χ0n) is 19.7. The monoisotopic (exact) mass is 388 g/mol. The van der Waals surface area contributed by atoms with Crippen molar-refractivity contribution in [1.29, 1.82) is 0 Å². The Morgan fingerprint density at radius 3 is 2.36 bits per heavy atom. The molecule has 0 saturated heterocycles. The molecule has 8 atom stereocenters. The van der Waals surface area contributed by atoms with E-state index in [0.717, 1.165) is 42.6 Å². The molecule has 0 aromatic rings. The van der Waals surface area contributed by atoms with E-state index < -0.39 is 0 Å². The summed E-state index contributed by atoms with van der Waals surface area (Å²) in [6, 6.07) is 0. The van der Waals surface area contributed by atoms with Crippen LogP contribution in [0.15, 0.2) is 0 Å². The van der Waals surface area contributed by atoms with Crippen LogP contribution in [0.1, 0.15) is 118 Å². The van der Waals surface area contributed by atoms with Crippen molar-refractivity contribution in [1.82, 2.24) is 0 Å². The fraction of sp³-hybridized carbons (Fsp3) is 1.00. The highest BCUT2D eigenvalue weighted by Crippen LogP contribution is 2.69. The minimum Gasteiger partial charge on any atom is -0.375 e. The van der Waals surface area contributed by atoms with E-state index in [-0.39, 0.29) is 5.60 Å². The summed E-state index contributed by atoms with van der Waals surface area (Å²) >= 11 is 0. The Morgan fingerprint density at radius 1 is 0.821 bits per heavy atom. The standard InChI is InChI=1S/C27H48O/c1-6-16-27(5,28-19-7-2)24-14-13-22-21-12-11-20-10-8-9-17-25(20,3)23(21)15-18-26(22,24)4/h20-24H,6-19H2,1-5H3. The quantitative estimate of drug-likeness (QED) is 0.447. The first kappa shape index (κ1) is 21.2. The van der Waals surface area contributed by atoms with Crippen molar-refractivity contribution >= 4 is 0 Å². The Balaban J connectivity index is 1.58. The lowest BCUT2D eigenvalue weighted by atomic mass is 9.44. The lowest BCUT2D eigenvalue weighted by Crippen LogP contribution is -2.55. The Kier molecular flexibility index (Phi) is 5.98. The molecule has 162 valence electrons. The molecule has 0 aliphatic heterocycles. The first-order chi connectivity index (χ1) is 13.4. The summed E-state index contributed by atoms with van der Waals surface area (Å²) in [5.41, 5.74) is 1.30. The number of ether oxygens (including phenoxy) is 1. The Morgan fingerprint density at radius 2 is 1.61 bits per heavy atom. The van der Waals surface area contributed by atoms with Gasteiger partial charge in [0.1, 0.15) is 0 Å². The molecule has 1 heteroatoms. The molecule has 0 radical (unpaired) electrons. The van der Waals surface area contributed by atoms with Gasteiger partial charge in [0.2, 0.25) is 0 Å². The van der Waals surface area contributed by atoms with Crippen LogP contribution >= 0.6 is 0 Å². The van der Waals surface area contributed by atoms with Crippen molar-refractivity contribution < 1.29 is 4.74 Å². The molecule has 4 fully saturated rings. The van der Waals surface area contributed by atoms with E-state index in [0.29, 0.717) is 10.8 Å². The zero-order chi connectivity index (χ0) is 20.0. The van der Waals surface area contributed by atoms with Crippen molar-refractivity contribution in [2.75, 3.05) is 6.61 Å². The third-order valence-electron chi connectivity index (χ3n) is 10.7. The summed E-state index contributed by atoms with van der Waals surface area (Å²) in [7, 11) is 0. The number of hydrogen-bond acceptors (Lipinski definition) is 1. The summed E-state index contributed by atoms with van der Waals surface area (Å²) in [6.45, 7) is 13.5. The zero-order valence-corrected chi connectivity index (χ0v) is 19.7. The molecule has 0 aromatic heterocycles. The number of rotatable bonds is 6. The summed E-state index contributed by atoms with van der Waals surface area (Å²) in [4.78, 5) is 0. The van der Waals surface area contributed by atoms with Crippen molar-refractivity contribution in [2.24, 2.45) is 40.4 Å². The minimum atomic E-state index is 0.104. The highest BCUT2D eigenvalue weighted by molar-refractivity contribution is 5.11. The molecular formula is C27H48O. The van der Waals surface area contributed by atoms with Crippen LogP contribution in [-0.2, 0) is 4.74 Å². The van der Waals surface area contributed by atoms with Crippen LogP contribution < -0.4 is 0 Å². The molecule has 4 aliphatic carbocycles. The van der Waals surface area contributed by atoms with Gasteiger partial charge in [-0.2, -0.15) is 0 Å². The summed E-state index contributed by atoms with van der Waals surface area (Å²) < 4.78 is 6.66. The molecule has 1 nitrogen and oxygen atoms in total. The lowest BCUT2D eigenvalue weighted by Gasteiger charge is -2.61. The van der Waals surface area contributed by atoms with Gasteiger partial charge in [-0.05, 0) is 112 Å². The molecule has 0 aromatic carbocycles. The molecular weight excluding hydrogens is 340 g/mol. The maximum absolute atomic E-state index is 6.66. The van der Waals surface area contributed by atoms with Crippen LogP contribution in [0.5, 0.6) is 0 Å².